The predicted molar refractivity (Wildman–Crippen MR) is 68.8 cm³/mol. The highest BCUT2D eigenvalue weighted by molar-refractivity contribution is 7.89. The Morgan fingerprint density at radius 3 is 2.74 bits per heavy atom. The molecule has 5 nitrogen and oxygen atoms in total. The number of hydrogen-bond donors (Lipinski definition) is 0. The van der Waals surface area contributed by atoms with Crippen LogP contribution in [0.5, 0.6) is 0 Å². The maximum atomic E-state index is 12.6. The average molecular weight is 278 g/mol. The van der Waals surface area contributed by atoms with Crippen LogP contribution in [0.3, 0.4) is 0 Å². The molecule has 0 bridgehead atoms. The van der Waals surface area contributed by atoms with Crippen LogP contribution < -0.4 is 0 Å². The zero-order valence-electron chi connectivity index (χ0n) is 10.3. The molecule has 1 aliphatic heterocycles. The molecule has 0 N–H and O–H groups in total. The molecule has 1 heterocycles. The van der Waals surface area contributed by atoms with Crippen molar-refractivity contribution in [3.05, 3.63) is 29.8 Å². The van der Waals surface area contributed by atoms with E-state index in [1.54, 1.807) is 12.1 Å². The number of nitriles is 1. The fourth-order valence-corrected chi connectivity index (χ4v) is 4.05. The van der Waals surface area contributed by atoms with E-state index in [0.29, 0.717) is 19.3 Å². The number of rotatable bonds is 3. The van der Waals surface area contributed by atoms with Gasteiger partial charge in [-0.25, -0.2) is 8.42 Å². The molecule has 1 fully saturated rings. The second kappa shape index (κ2) is 5.51. The van der Waals surface area contributed by atoms with Gasteiger partial charge < -0.3 is 4.79 Å². The number of nitrogens with zero attached hydrogens (tertiary/aromatic N) is 2. The third kappa shape index (κ3) is 2.53. The van der Waals surface area contributed by atoms with Crippen molar-refractivity contribution in [1.82, 2.24) is 4.31 Å². The number of carbonyl (C=O) groups excluding carboxylic acids is 1. The Morgan fingerprint density at radius 2 is 2.05 bits per heavy atom. The molecule has 2 rings (SSSR count). The Morgan fingerprint density at radius 1 is 1.32 bits per heavy atom. The van der Waals surface area contributed by atoms with Gasteiger partial charge in [0, 0.05) is 6.54 Å². The number of aldehydes is 1. The van der Waals surface area contributed by atoms with Gasteiger partial charge in [-0.15, -0.1) is 0 Å². The second-order valence-electron chi connectivity index (χ2n) is 4.42. The van der Waals surface area contributed by atoms with E-state index in [1.165, 1.54) is 16.4 Å². The fraction of sp³-hybridized carbons (Fsp3) is 0.385. The Bertz CT molecular complexity index is 619. The van der Waals surface area contributed by atoms with Crippen LogP contribution in [0, 0.1) is 11.3 Å². The highest BCUT2D eigenvalue weighted by Gasteiger charge is 2.34. The monoisotopic (exact) mass is 278 g/mol. The van der Waals surface area contributed by atoms with Gasteiger partial charge in [0.15, 0.2) is 0 Å². The van der Waals surface area contributed by atoms with Gasteiger partial charge in [0.2, 0.25) is 10.0 Å². The lowest BCUT2D eigenvalue weighted by atomic mass is 10.1. The molecule has 0 aromatic heterocycles. The van der Waals surface area contributed by atoms with Crippen molar-refractivity contribution in [3.63, 3.8) is 0 Å². The molecule has 1 aromatic carbocycles. The molecular formula is C13H14N2O3S. The van der Waals surface area contributed by atoms with Gasteiger partial charge in [-0.3, -0.25) is 0 Å². The van der Waals surface area contributed by atoms with Gasteiger partial charge in [-0.1, -0.05) is 18.6 Å². The van der Waals surface area contributed by atoms with Crippen LogP contribution in [0.1, 0.15) is 24.8 Å². The molecule has 100 valence electrons. The zero-order chi connectivity index (χ0) is 13.9. The Labute approximate surface area is 112 Å². The molecule has 1 saturated heterocycles. The van der Waals surface area contributed by atoms with Gasteiger partial charge in [-0.05, 0) is 25.0 Å². The highest BCUT2D eigenvalue weighted by atomic mass is 32.2. The summed E-state index contributed by atoms with van der Waals surface area (Å²) in [5.74, 6) is 0. The summed E-state index contributed by atoms with van der Waals surface area (Å²) in [7, 11) is -3.79. The summed E-state index contributed by atoms with van der Waals surface area (Å²) in [6.07, 6.45) is 2.79. The minimum Gasteiger partial charge on any atom is -0.302 e. The maximum absolute atomic E-state index is 12.6. The van der Waals surface area contributed by atoms with E-state index in [0.717, 1.165) is 12.8 Å². The van der Waals surface area contributed by atoms with E-state index in [1.807, 2.05) is 6.07 Å². The van der Waals surface area contributed by atoms with Crippen molar-refractivity contribution >= 4 is 16.3 Å². The third-order valence-electron chi connectivity index (χ3n) is 3.25. The lowest BCUT2D eigenvalue weighted by Crippen LogP contribution is -2.44. The Kier molecular flexibility index (Phi) is 3.98. The van der Waals surface area contributed by atoms with Crippen molar-refractivity contribution < 1.29 is 13.2 Å². The quantitative estimate of drug-likeness (QED) is 0.781. The van der Waals surface area contributed by atoms with Crippen molar-refractivity contribution in [1.29, 1.82) is 5.26 Å². The van der Waals surface area contributed by atoms with E-state index in [9.17, 15) is 13.2 Å². The molecule has 0 saturated carbocycles. The number of piperidine rings is 1. The summed E-state index contributed by atoms with van der Waals surface area (Å²) in [4.78, 5) is 11.0. The lowest BCUT2D eigenvalue weighted by molar-refractivity contribution is -0.111. The SMILES string of the molecule is N#Cc1ccccc1S(=O)(=O)N1CCCCC1C=O. The van der Waals surface area contributed by atoms with Gasteiger partial charge in [0.25, 0.3) is 0 Å². The highest BCUT2D eigenvalue weighted by Crippen LogP contribution is 2.26. The molecule has 6 heteroatoms. The lowest BCUT2D eigenvalue weighted by Gasteiger charge is -2.31. The van der Waals surface area contributed by atoms with Gasteiger partial charge in [-0.2, -0.15) is 9.57 Å². The van der Waals surface area contributed by atoms with E-state index >= 15 is 0 Å². The second-order valence-corrected chi connectivity index (χ2v) is 6.28. The number of sulfonamides is 1. The first-order chi connectivity index (χ1) is 9.11. The number of benzene rings is 1. The van der Waals surface area contributed by atoms with Crippen LogP contribution in [0.2, 0.25) is 0 Å². The molecule has 19 heavy (non-hydrogen) atoms. The van der Waals surface area contributed by atoms with Crippen molar-refractivity contribution in [2.24, 2.45) is 0 Å². The third-order valence-corrected chi connectivity index (χ3v) is 5.23. The molecule has 1 unspecified atom stereocenters. The standard InChI is InChI=1S/C13H14N2O3S/c14-9-11-5-1-2-7-13(11)19(17,18)15-8-4-3-6-12(15)10-16/h1-2,5,7,10,12H,3-4,6,8H2. The van der Waals surface area contributed by atoms with Crippen LogP contribution in [-0.2, 0) is 14.8 Å². The first-order valence-electron chi connectivity index (χ1n) is 6.07. The van der Waals surface area contributed by atoms with E-state index in [-0.39, 0.29) is 10.5 Å². The summed E-state index contributed by atoms with van der Waals surface area (Å²) in [5, 5.41) is 9.00. The van der Waals surface area contributed by atoms with E-state index in [4.69, 9.17) is 5.26 Å². The first kappa shape index (κ1) is 13.7. The van der Waals surface area contributed by atoms with E-state index < -0.39 is 16.1 Å². The predicted octanol–water partition coefficient (Wildman–Crippen LogP) is 1.30. The van der Waals surface area contributed by atoms with Gasteiger partial charge in [0.1, 0.15) is 12.4 Å². The van der Waals surface area contributed by atoms with Gasteiger partial charge >= 0.3 is 0 Å². The Balaban J connectivity index is 2.47. The zero-order valence-corrected chi connectivity index (χ0v) is 11.1. The largest absolute Gasteiger partial charge is 0.302 e. The summed E-state index contributed by atoms with van der Waals surface area (Å²) < 4.78 is 26.3. The Hall–Kier alpha value is -1.71. The summed E-state index contributed by atoms with van der Waals surface area (Å²) in [6.45, 7) is 0.325. The summed E-state index contributed by atoms with van der Waals surface area (Å²) in [5.41, 5.74) is 0.109. The van der Waals surface area contributed by atoms with Crippen LogP contribution in [-0.4, -0.2) is 31.6 Å². The van der Waals surface area contributed by atoms with Gasteiger partial charge in [0.05, 0.1) is 16.5 Å². The fourth-order valence-electron chi connectivity index (χ4n) is 2.28. The smallest absolute Gasteiger partial charge is 0.245 e. The van der Waals surface area contributed by atoms with Crippen LogP contribution in [0.25, 0.3) is 0 Å². The first-order valence-corrected chi connectivity index (χ1v) is 7.51. The topological polar surface area (TPSA) is 78.2 Å². The summed E-state index contributed by atoms with van der Waals surface area (Å²) >= 11 is 0. The molecule has 0 amide bonds. The molecule has 1 aromatic rings. The molecule has 1 atom stereocenters. The average Bonchev–Trinajstić information content (AvgIpc) is 2.47. The molecule has 0 aliphatic carbocycles. The van der Waals surface area contributed by atoms with Crippen molar-refractivity contribution in [3.8, 4) is 6.07 Å². The minimum absolute atomic E-state index is 0.0220. The van der Waals surface area contributed by atoms with E-state index in [2.05, 4.69) is 0 Å². The van der Waals surface area contributed by atoms with Crippen LogP contribution >= 0.6 is 0 Å². The summed E-state index contributed by atoms with van der Waals surface area (Å²) in [6, 6.07) is 7.32. The number of carbonyl (C=O) groups is 1. The minimum atomic E-state index is -3.79. The molecule has 0 radical (unpaired) electrons. The maximum Gasteiger partial charge on any atom is 0.245 e. The van der Waals surface area contributed by atoms with Crippen LogP contribution in [0.4, 0.5) is 0 Å². The molecule has 0 spiro atoms. The van der Waals surface area contributed by atoms with Crippen molar-refractivity contribution in [2.75, 3.05) is 6.54 Å². The number of hydrogen-bond acceptors (Lipinski definition) is 4. The molecule has 1 aliphatic rings. The van der Waals surface area contributed by atoms with Crippen LogP contribution in [0.15, 0.2) is 29.2 Å². The normalized spacial score (nSPS) is 20.7. The molecular weight excluding hydrogens is 264 g/mol. The van der Waals surface area contributed by atoms with Crippen molar-refractivity contribution in [2.45, 2.75) is 30.2 Å².